The number of carboxylic acids is 1. The third-order valence-corrected chi connectivity index (χ3v) is 4.87. The lowest BCUT2D eigenvalue weighted by Gasteiger charge is -2.11. The van der Waals surface area contributed by atoms with Crippen molar-refractivity contribution in [1.29, 1.82) is 0 Å². The molecule has 5 nitrogen and oxygen atoms in total. The summed E-state index contributed by atoms with van der Waals surface area (Å²) in [4.78, 5) is 11.3. The molecule has 2 N–H and O–H groups in total. The summed E-state index contributed by atoms with van der Waals surface area (Å²) in [5, 5.41) is 9.16. The highest BCUT2D eigenvalue weighted by Crippen LogP contribution is 2.22. The SMILES string of the molecule is Cc1ccc(NS(=O)(=O)c2ccc(I)cc2)c(C(=O)O)c1. The molecule has 2 rings (SSSR count). The second-order valence-electron chi connectivity index (χ2n) is 4.41. The van der Waals surface area contributed by atoms with Crippen LogP contribution in [-0.4, -0.2) is 19.5 Å². The fourth-order valence-electron chi connectivity index (χ4n) is 1.74. The standard InChI is InChI=1S/C14H12INO4S/c1-9-2-7-13(12(8-9)14(17)18)16-21(19,20)11-5-3-10(15)4-6-11/h2-8,16H,1H3,(H,17,18). The van der Waals surface area contributed by atoms with Crippen molar-refractivity contribution in [2.45, 2.75) is 11.8 Å². The Labute approximate surface area is 136 Å². The lowest BCUT2D eigenvalue weighted by Crippen LogP contribution is -2.15. The maximum absolute atomic E-state index is 12.3. The number of sulfonamides is 1. The van der Waals surface area contributed by atoms with E-state index in [1.807, 2.05) is 0 Å². The van der Waals surface area contributed by atoms with Crippen LogP contribution in [0.15, 0.2) is 47.4 Å². The topological polar surface area (TPSA) is 83.5 Å². The molecule has 0 aromatic heterocycles. The van der Waals surface area contributed by atoms with E-state index in [0.717, 1.165) is 9.13 Å². The molecule has 0 amide bonds. The Morgan fingerprint density at radius 1 is 1.14 bits per heavy atom. The summed E-state index contributed by atoms with van der Waals surface area (Å²) >= 11 is 2.07. The molecule has 0 atom stereocenters. The first-order valence-electron chi connectivity index (χ1n) is 5.92. The van der Waals surface area contributed by atoms with Gasteiger partial charge in [-0.3, -0.25) is 4.72 Å². The molecule has 0 aliphatic rings. The van der Waals surface area contributed by atoms with Gasteiger partial charge in [-0.25, -0.2) is 13.2 Å². The summed E-state index contributed by atoms with van der Waals surface area (Å²) in [5.41, 5.74) is 0.709. The molecule has 0 saturated carbocycles. The minimum atomic E-state index is -3.82. The molecule has 0 spiro atoms. The molecule has 0 fully saturated rings. The van der Waals surface area contributed by atoms with Gasteiger partial charge in [-0.05, 0) is 65.9 Å². The number of nitrogens with one attached hydrogen (secondary N) is 1. The zero-order valence-electron chi connectivity index (χ0n) is 11.0. The van der Waals surface area contributed by atoms with Gasteiger partial charge in [-0.1, -0.05) is 11.6 Å². The number of benzene rings is 2. The Hall–Kier alpha value is -1.61. The Balaban J connectivity index is 2.41. The van der Waals surface area contributed by atoms with E-state index >= 15 is 0 Å². The quantitative estimate of drug-likeness (QED) is 0.750. The Kier molecular flexibility index (Phi) is 4.52. The van der Waals surface area contributed by atoms with E-state index in [0.29, 0.717) is 0 Å². The predicted molar refractivity (Wildman–Crippen MR) is 88.1 cm³/mol. The molecule has 110 valence electrons. The van der Waals surface area contributed by atoms with Crippen LogP contribution in [0.3, 0.4) is 0 Å². The van der Waals surface area contributed by atoms with Crippen LogP contribution in [0.2, 0.25) is 0 Å². The summed E-state index contributed by atoms with van der Waals surface area (Å²) in [5.74, 6) is -1.18. The van der Waals surface area contributed by atoms with Crippen LogP contribution in [0.5, 0.6) is 0 Å². The highest BCUT2D eigenvalue weighted by Gasteiger charge is 2.18. The van der Waals surface area contributed by atoms with Crippen molar-refractivity contribution in [3.8, 4) is 0 Å². The number of anilines is 1. The van der Waals surface area contributed by atoms with Crippen LogP contribution < -0.4 is 4.72 Å². The minimum Gasteiger partial charge on any atom is -0.478 e. The van der Waals surface area contributed by atoms with E-state index in [9.17, 15) is 13.2 Å². The number of aryl methyl sites for hydroxylation is 1. The first kappa shape index (κ1) is 15.8. The van der Waals surface area contributed by atoms with Crippen LogP contribution in [0.4, 0.5) is 5.69 Å². The number of hydrogen-bond donors (Lipinski definition) is 2. The first-order valence-corrected chi connectivity index (χ1v) is 8.48. The van der Waals surface area contributed by atoms with Crippen LogP contribution in [0, 0.1) is 10.5 Å². The number of rotatable bonds is 4. The molecule has 0 bridgehead atoms. The third-order valence-electron chi connectivity index (χ3n) is 2.77. The summed E-state index contributed by atoms with van der Waals surface area (Å²) in [6, 6.07) is 10.8. The van der Waals surface area contributed by atoms with Crippen LogP contribution in [0.25, 0.3) is 0 Å². The van der Waals surface area contributed by atoms with Gasteiger partial charge in [-0.15, -0.1) is 0 Å². The predicted octanol–water partition coefficient (Wildman–Crippen LogP) is 3.10. The number of halogens is 1. The largest absolute Gasteiger partial charge is 0.478 e. The highest BCUT2D eigenvalue weighted by molar-refractivity contribution is 14.1. The molecule has 0 unspecified atom stereocenters. The van der Waals surface area contributed by atoms with Gasteiger partial charge in [-0.2, -0.15) is 0 Å². The lowest BCUT2D eigenvalue weighted by atomic mass is 10.1. The maximum atomic E-state index is 12.3. The van der Waals surface area contributed by atoms with E-state index in [4.69, 9.17) is 5.11 Å². The maximum Gasteiger partial charge on any atom is 0.337 e. The molecule has 2 aromatic rings. The van der Waals surface area contributed by atoms with Gasteiger partial charge in [0.1, 0.15) is 0 Å². The van der Waals surface area contributed by atoms with Crippen molar-refractivity contribution in [2.75, 3.05) is 4.72 Å². The Bertz CT molecular complexity index is 785. The highest BCUT2D eigenvalue weighted by atomic mass is 127. The molecule has 0 radical (unpaired) electrons. The summed E-state index contributed by atoms with van der Waals surface area (Å²) < 4.78 is 27.8. The number of carbonyl (C=O) groups is 1. The van der Waals surface area contributed by atoms with Crippen molar-refractivity contribution in [3.63, 3.8) is 0 Å². The normalized spacial score (nSPS) is 11.1. The molecule has 21 heavy (non-hydrogen) atoms. The molecular formula is C14H12INO4S. The Morgan fingerprint density at radius 2 is 1.76 bits per heavy atom. The van der Waals surface area contributed by atoms with Crippen molar-refractivity contribution in [3.05, 3.63) is 57.2 Å². The fourth-order valence-corrected chi connectivity index (χ4v) is 3.18. The molecule has 0 heterocycles. The molecule has 7 heteroatoms. The van der Waals surface area contributed by atoms with Gasteiger partial charge < -0.3 is 5.11 Å². The monoisotopic (exact) mass is 417 g/mol. The van der Waals surface area contributed by atoms with Gasteiger partial charge in [0.2, 0.25) is 0 Å². The molecule has 0 aliphatic carbocycles. The van der Waals surface area contributed by atoms with Crippen LogP contribution in [0.1, 0.15) is 15.9 Å². The summed E-state index contributed by atoms with van der Waals surface area (Å²) in [6.45, 7) is 1.74. The molecule has 0 saturated heterocycles. The third kappa shape index (κ3) is 3.73. The zero-order chi connectivity index (χ0) is 15.6. The summed E-state index contributed by atoms with van der Waals surface area (Å²) in [7, 11) is -3.82. The molecular weight excluding hydrogens is 405 g/mol. The van der Waals surface area contributed by atoms with Gasteiger partial charge in [0.05, 0.1) is 16.1 Å². The summed E-state index contributed by atoms with van der Waals surface area (Å²) in [6.07, 6.45) is 0. The van der Waals surface area contributed by atoms with Gasteiger partial charge >= 0.3 is 5.97 Å². The molecule has 0 aliphatic heterocycles. The van der Waals surface area contributed by atoms with E-state index in [1.54, 1.807) is 25.1 Å². The van der Waals surface area contributed by atoms with Crippen molar-refractivity contribution >= 4 is 44.3 Å². The molecule has 2 aromatic carbocycles. The van der Waals surface area contributed by atoms with Gasteiger partial charge in [0, 0.05) is 3.57 Å². The van der Waals surface area contributed by atoms with Crippen molar-refractivity contribution in [1.82, 2.24) is 0 Å². The minimum absolute atomic E-state index is 0.0478. The van der Waals surface area contributed by atoms with E-state index in [1.165, 1.54) is 24.3 Å². The van der Waals surface area contributed by atoms with Gasteiger partial charge in [0.25, 0.3) is 10.0 Å². The van der Waals surface area contributed by atoms with E-state index < -0.39 is 16.0 Å². The van der Waals surface area contributed by atoms with Crippen molar-refractivity contribution in [2.24, 2.45) is 0 Å². The number of hydrogen-bond acceptors (Lipinski definition) is 3. The number of carboxylic acid groups (broad SMARTS) is 1. The Morgan fingerprint density at radius 3 is 2.33 bits per heavy atom. The zero-order valence-corrected chi connectivity index (χ0v) is 14.0. The fraction of sp³-hybridized carbons (Fsp3) is 0.0714. The number of aromatic carboxylic acids is 1. The average Bonchev–Trinajstić information content (AvgIpc) is 2.41. The smallest absolute Gasteiger partial charge is 0.337 e. The van der Waals surface area contributed by atoms with E-state index in [2.05, 4.69) is 27.3 Å². The van der Waals surface area contributed by atoms with Crippen LogP contribution >= 0.6 is 22.6 Å². The lowest BCUT2D eigenvalue weighted by molar-refractivity contribution is 0.0698. The first-order chi connectivity index (χ1) is 9.79. The second kappa shape index (κ2) is 6.02. The van der Waals surface area contributed by atoms with Crippen LogP contribution in [-0.2, 0) is 10.0 Å². The second-order valence-corrected chi connectivity index (χ2v) is 7.34. The average molecular weight is 417 g/mol. The van der Waals surface area contributed by atoms with E-state index in [-0.39, 0.29) is 16.1 Å². The van der Waals surface area contributed by atoms with Gasteiger partial charge in [0.15, 0.2) is 0 Å². The van der Waals surface area contributed by atoms with Crippen molar-refractivity contribution < 1.29 is 18.3 Å².